The Morgan fingerprint density at radius 3 is 2.62 bits per heavy atom. The third kappa shape index (κ3) is 2.00. The molecule has 0 saturated carbocycles. The van der Waals surface area contributed by atoms with Crippen LogP contribution >= 0.6 is 0 Å². The van der Waals surface area contributed by atoms with E-state index in [-0.39, 0.29) is 11.9 Å². The number of nitrogens with two attached hydrogens (primary N) is 1. The van der Waals surface area contributed by atoms with E-state index in [4.69, 9.17) is 10.8 Å². The number of rotatable bonds is 3. The Morgan fingerprint density at radius 1 is 1.62 bits per heavy atom. The predicted octanol–water partition coefficient (Wildman–Crippen LogP) is -0.662. The quantitative estimate of drug-likeness (QED) is 0.647. The lowest BCUT2D eigenvalue weighted by atomic mass is 10.3. The molecular weight excluding hydrogens is 174 g/mol. The van der Waals surface area contributed by atoms with Gasteiger partial charge in [0.2, 0.25) is 5.82 Å². The van der Waals surface area contributed by atoms with Crippen molar-refractivity contribution in [1.82, 2.24) is 20.2 Å². The highest BCUT2D eigenvalue weighted by atomic mass is 16.4. The van der Waals surface area contributed by atoms with Crippen molar-refractivity contribution in [3.05, 3.63) is 5.82 Å². The van der Waals surface area contributed by atoms with Crippen LogP contribution in [0.2, 0.25) is 0 Å². The normalized spacial score (nSPS) is 13.2. The third-order valence-corrected chi connectivity index (χ3v) is 1.45. The molecule has 0 spiro atoms. The topological polar surface area (TPSA) is 107 Å². The number of carboxylic acids is 1. The summed E-state index contributed by atoms with van der Waals surface area (Å²) in [4.78, 5) is 11.8. The molecular formula is C6H11N5O2. The van der Waals surface area contributed by atoms with Gasteiger partial charge in [0, 0.05) is 0 Å². The Morgan fingerprint density at radius 2 is 2.23 bits per heavy atom. The van der Waals surface area contributed by atoms with E-state index in [1.54, 1.807) is 0 Å². The second-order valence-corrected chi connectivity index (χ2v) is 2.88. The predicted molar refractivity (Wildman–Crippen MR) is 42.8 cm³/mol. The van der Waals surface area contributed by atoms with Gasteiger partial charge >= 0.3 is 5.97 Å². The van der Waals surface area contributed by atoms with Crippen LogP contribution < -0.4 is 5.73 Å². The van der Waals surface area contributed by atoms with Crippen LogP contribution in [0.4, 0.5) is 0 Å². The van der Waals surface area contributed by atoms with Crippen LogP contribution in [0.15, 0.2) is 0 Å². The van der Waals surface area contributed by atoms with Gasteiger partial charge < -0.3 is 10.8 Å². The highest BCUT2D eigenvalue weighted by molar-refractivity contribution is 5.73. The molecule has 1 aromatic rings. The van der Waals surface area contributed by atoms with E-state index in [9.17, 15) is 4.79 Å². The molecule has 1 heterocycles. The largest absolute Gasteiger partial charge is 0.480 e. The lowest BCUT2D eigenvalue weighted by Gasteiger charge is -2.00. The fourth-order valence-electron chi connectivity index (χ4n) is 0.690. The van der Waals surface area contributed by atoms with Crippen molar-refractivity contribution in [3.8, 4) is 0 Å². The molecule has 0 aromatic carbocycles. The van der Waals surface area contributed by atoms with Crippen LogP contribution in [0.3, 0.4) is 0 Å². The zero-order valence-electron chi connectivity index (χ0n) is 7.38. The van der Waals surface area contributed by atoms with Crippen molar-refractivity contribution in [3.63, 3.8) is 0 Å². The van der Waals surface area contributed by atoms with Gasteiger partial charge in [-0.15, -0.1) is 10.2 Å². The van der Waals surface area contributed by atoms with Crippen LogP contribution in [0.5, 0.6) is 0 Å². The van der Waals surface area contributed by atoms with Crippen LogP contribution in [-0.4, -0.2) is 31.3 Å². The number of carboxylic acid groups (broad SMARTS) is 1. The van der Waals surface area contributed by atoms with Crippen molar-refractivity contribution in [2.75, 3.05) is 0 Å². The third-order valence-electron chi connectivity index (χ3n) is 1.45. The van der Waals surface area contributed by atoms with Crippen molar-refractivity contribution in [2.24, 2.45) is 5.73 Å². The first-order chi connectivity index (χ1) is 6.02. The van der Waals surface area contributed by atoms with Gasteiger partial charge in [-0.05, 0) is 19.1 Å². The molecule has 1 rings (SSSR count). The van der Waals surface area contributed by atoms with Crippen LogP contribution in [-0.2, 0) is 4.79 Å². The number of carbonyl (C=O) groups is 1. The Hall–Kier alpha value is -1.50. The molecule has 0 aliphatic rings. The second-order valence-electron chi connectivity index (χ2n) is 2.88. The van der Waals surface area contributed by atoms with Gasteiger partial charge in [0.15, 0.2) is 6.04 Å². The van der Waals surface area contributed by atoms with E-state index in [2.05, 4.69) is 15.4 Å². The molecule has 0 aliphatic carbocycles. The molecule has 0 amide bonds. The number of hydrogen-bond donors (Lipinski definition) is 2. The van der Waals surface area contributed by atoms with Crippen molar-refractivity contribution >= 4 is 5.97 Å². The number of aromatic nitrogens is 4. The summed E-state index contributed by atoms with van der Waals surface area (Å²) in [6.07, 6.45) is 0. The van der Waals surface area contributed by atoms with Gasteiger partial charge in [-0.2, -0.15) is 4.80 Å². The number of nitrogens with zero attached hydrogens (tertiary/aromatic N) is 4. The van der Waals surface area contributed by atoms with E-state index >= 15 is 0 Å². The molecule has 0 bridgehead atoms. The number of tetrazole rings is 1. The molecule has 1 unspecified atom stereocenters. The van der Waals surface area contributed by atoms with E-state index in [1.807, 2.05) is 13.8 Å². The Bertz CT molecular complexity index is 308. The van der Waals surface area contributed by atoms with Crippen LogP contribution in [0, 0.1) is 0 Å². The molecule has 1 aromatic heterocycles. The molecule has 13 heavy (non-hydrogen) atoms. The SMILES string of the molecule is CC(C)n1nnc(C(N)C(=O)O)n1. The summed E-state index contributed by atoms with van der Waals surface area (Å²) in [7, 11) is 0. The van der Waals surface area contributed by atoms with Gasteiger partial charge in [0.05, 0.1) is 6.04 Å². The lowest BCUT2D eigenvalue weighted by molar-refractivity contribution is -0.138. The van der Waals surface area contributed by atoms with Crippen LogP contribution in [0.1, 0.15) is 31.8 Å². The minimum atomic E-state index is -1.20. The number of aliphatic carboxylic acids is 1. The molecule has 1 atom stereocenters. The first kappa shape index (κ1) is 9.59. The smallest absolute Gasteiger partial charge is 0.328 e. The van der Waals surface area contributed by atoms with Crippen molar-refractivity contribution < 1.29 is 9.90 Å². The maximum atomic E-state index is 10.4. The second kappa shape index (κ2) is 3.48. The zero-order valence-corrected chi connectivity index (χ0v) is 7.38. The van der Waals surface area contributed by atoms with Gasteiger partial charge in [0.1, 0.15) is 0 Å². The summed E-state index contributed by atoms with van der Waals surface area (Å²) in [6, 6.07) is -1.16. The summed E-state index contributed by atoms with van der Waals surface area (Å²) < 4.78 is 0. The van der Waals surface area contributed by atoms with Crippen molar-refractivity contribution in [2.45, 2.75) is 25.9 Å². The lowest BCUT2D eigenvalue weighted by Crippen LogP contribution is -2.22. The zero-order chi connectivity index (χ0) is 10.0. The minimum absolute atomic E-state index is 0.0289. The molecule has 7 nitrogen and oxygen atoms in total. The molecule has 0 saturated heterocycles. The average molecular weight is 185 g/mol. The van der Waals surface area contributed by atoms with E-state index in [0.29, 0.717) is 0 Å². The van der Waals surface area contributed by atoms with Crippen LogP contribution in [0.25, 0.3) is 0 Å². The Kier molecular flexibility index (Phi) is 2.57. The minimum Gasteiger partial charge on any atom is -0.480 e. The highest BCUT2D eigenvalue weighted by Crippen LogP contribution is 2.04. The fourth-order valence-corrected chi connectivity index (χ4v) is 0.690. The van der Waals surface area contributed by atoms with E-state index in [1.165, 1.54) is 4.80 Å². The van der Waals surface area contributed by atoms with Gasteiger partial charge in [-0.1, -0.05) is 0 Å². The number of hydrogen-bond acceptors (Lipinski definition) is 5. The summed E-state index contributed by atoms with van der Waals surface area (Å²) >= 11 is 0. The van der Waals surface area contributed by atoms with Crippen molar-refractivity contribution in [1.29, 1.82) is 0 Å². The summed E-state index contributed by atoms with van der Waals surface area (Å²) in [5.41, 5.74) is 5.27. The molecule has 0 fully saturated rings. The molecule has 0 radical (unpaired) electrons. The monoisotopic (exact) mass is 185 g/mol. The molecule has 7 heteroatoms. The molecule has 72 valence electrons. The Balaban J connectivity index is 2.85. The van der Waals surface area contributed by atoms with Gasteiger partial charge in [-0.25, -0.2) is 0 Å². The summed E-state index contributed by atoms with van der Waals surface area (Å²) in [6.45, 7) is 3.72. The Labute approximate surface area is 74.5 Å². The standard InChI is InChI=1S/C6H11N5O2/c1-3(2)11-9-5(8-10-11)4(7)6(12)13/h3-4H,7H2,1-2H3,(H,12,13). The van der Waals surface area contributed by atoms with Gasteiger partial charge in [-0.3, -0.25) is 4.79 Å². The van der Waals surface area contributed by atoms with E-state index < -0.39 is 12.0 Å². The highest BCUT2D eigenvalue weighted by Gasteiger charge is 2.20. The fraction of sp³-hybridized carbons (Fsp3) is 0.667. The maximum Gasteiger partial charge on any atom is 0.328 e. The molecule has 0 aliphatic heterocycles. The summed E-state index contributed by atoms with van der Waals surface area (Å²) in [5.74, 6) is -1.13. The van der Waals surface area contributed by atoms with Gasteiger partial charge in [0.25, 0.3) is 0 Å². The van der Waals surface area contributed by atoms with E-state index in [0.717, 1.165) is 0 Å². The molecule has 3 N–H and O–H groups in total. The first-order valence-corrected chi connectivity index (χ1v) is 3.80. The first-order valence-electron chi connectivity index (χ1n) is 3.80. The summed E-state index contributed by atoms with van der Waals surface area (Å²) in [5, 5.41) is 19.5. The maximum absolute atomic E-state index is 10.4. The average Bonchev–Trinajstić information content (AvgIpc) is 2.50.